The standard InChI is InChI=1S/C29H29NO11.CH4/c1-30-12-11-28-19-15-7-8-16(31)23(19)40-24(28)17(9-10-29(28,38)18(30)13-15)39-27(37)22(14-5-3-2-4-6-14)41-26(36)21(33)20(32)25(34)35;/h2-9,18,20-22,24,31-33,38H,10-13H2,1H3,(H,34,35);1H4/t18-,20-,21-,22+,24+,28+,29-;/m1./s1. The molecule has 12 nitrogen and oxygen atoms in total. The highest BCUT2D eigenvalue weighted by Crippen LogP contribution is 2.65. The van der Waals surface area contributed by atoms with Gasteiger partial charge in [0.1, 0.15) is 5.76 Å². The summed E-state index contributed by atoms with van der Waals surface area (Å²) in [7, 11) is 1.94. The average Bonchev–Trinajstić information content (AvgIpc) is 3.32. The van der Waals surface area contributed by atoms with E-state index in [1.165, 1.54) is 12.1 Å². The summed E-state index contributed by atoms with van der Waals surface area (Å²) in [5, 5.41) is 51.4. The third kappa shape index (κ3) is 4.09. The molecule has 7 atom stereocenters. The molecule has 42 heavy (non-hydrogen) atoms. The fourth-order valence-corrected chi connectivity index (χ4v) is 6.94. The van der Waals surface area contributed by atoms with Crippen molar-refractivity contribution in [3.63, 3.8) is 0 Å². The molecule has 2 heterocycles. The number of phenolic OH excluding ortho intramolecular Hbond substituents is 1. The molecule has 0 radical (unpaired) electrons. The van der Waals surface area contributed by atoms with Crippen molar-refractivity contribution in [1.82, 2.24) is 4.90 Å². The predicted molar refractivity (Wildman–Crippen MR) is 144 cm³/mol. The molecule has 224 valence electrons. The molecule has 12 heteroatoms. The zero-order valence-electron chi connectivity index (χ0n) is 22.0. The van der Waals surface area contributed by atoms with E-state index in [2.05, 4.69) is 4.90 Å². The van der Waals surface area contributed by atoms with Crippen molar-refractivity contribution >= 4 is 17.9 Å². The second kappa shape index (κ2) is 10.4. The Bertz CT molecular complexity index is 1460. The number of benzene rings is 2. The molecule has 4 aliphatic rings. The monoisotopic (exact) mass is 583 g/mol. The number of rotatable bonds is 7. The predicted octanol–water partition coefficient (Wildman–Crippen LogP) is 0.940. The molecule has 1 fully saturated rings. The summed E-state index contributed by atoms with van der Waals surface area (Å²) in [4.78, 5) is 39.3. The molecule has 1 spiro atoms. The second-order valence-electron chi connectivity index (χ2n) is 11.0. The lowest BCUT2D eigenvalue weighted by Crippen LogP contribution is -2.74. The maximum Gasteiger partial charge on any atom is 0.357 e. The topological polar surface area (TPSA) is 183 Å². The molecule has 0 saturated carbocycles. The number of likely N-dealkylation sites (tertiary alicyclic amines) is 1. The van der Waals surface area contributed by atoms with E-state index in [9.17, 15) is 34.8 Å². The Hall–Kier alpha value is -3.97. The Labute approximate surface area is 241 Å². The maximum atomic E-state index is 13.6. The number of carboxylic acid groups (broad SMARTS) is 1. The number of hydrogen-bond donors (Lipinski definition) is 5. The lowest BCUT2D eigenvalue weighted by molar-refractivity contribution is -0.183. The van der Waals surface area contributed by atoms with Gasteiger partial charge in [0.2, 0.25) is 6.10 Å². The maximum absolute atomic E-state index is 13.6. The second-order valence-corrected chi connectivity index (χ2v) is 11.0. The molecule has 2 aliphatic carbocycles. The van der Waals surface area contributed by atoms with Crippen LogP contribution in [-0.4, -0.2) is 91.9 Å². The van der Waals surface area contributed by atoms with E-state index >= 15 is 0 Å². The van der Waals surface area contributed by atoms with Crippen molar-refractivity contribution in [3.05, 3.63) is 71.0 Å². The largest absolute Gasteiger partial charge is 0.504 e. The third-order valence-electron chi connectivity index (χ3n) is 8.92. The zero-order valence-corrected chi connectivity index (χ0v) is 22.0. The van der Waals surface area contributed by atoms with Crippen molar-refractivity contribution in [1.29, 1.82) is 0 Å². The first kappa shape index (κ1) is 29.5. The first-order chi connectivity index (χ1) is 19.5. The van der Waals surface area contributed by atoms with Gasteiger partial charge in [-0.2, -0.15) is 0 Å². The van der Waals surface area contributed by atoms with Crippen molar-refractivity contribution < 1.29 is 54.1 Å². The van der Waals surface area contributed by atoms with E-state index in [4.69, 9.17) is 19.3 Å². The number of aliphatic hydroxyl groups excluding tert-OH is 2. The average molecular weight is 584 g/mol. The highest BCUT2D eigenvalue weighted by atomic mass is 16.6. The molecule has 2 aromatic carbocycles. The fraction of sp³-hybridized carbons (Fsp3) is 0.433. The Balaban J connectivity index is 0.00000353. The van der Waals surface area contributed by atoms with Gasteiger partial charge in [0, 0.05) is 23.6 Å². The lowest BCUT2D eigenvalue weighted by Gasteiger charge is -2.61. The summed E-state index contributed by atoms with van der Waals surface area (Å²) >= 11 is 0. The van der Waals surface area contributed by atoms with Gasteiger partial charge in [0.05, 0.1) is 11.0 Å². The van der Waals surface area contributed by atoms with Gasteiger partial charge in [-0.1, -0.05) is 43.8 Å². The van der Waals surface area contributed by atoms with Crippen LogP contribution in [0.2, 0.25) is 0 Å². The zero-order chi connectivity index (χ0) is 29.3. The fourth-order valence-electron chi connectivity index (χ4n) is 6.94. The molecule has 0 aromatic heterocycles. The molecule has 1 saturated heterocycles. The first-order valence-corrected chi connectivity index (χ1v) is 13.2. The van der Waals surface area contributed by atoms with Gasteiger partial charge in [-0.05, 0) is 44.1 Å². The smallest absolute Gasteiger partial charge is 0.357 e. The minimum absolute atomic E-state index is 0. The van der Waals surface area contributed by atoms with Gasteiger partial charge in [-0.15, -0.1) is 0 Å². The minimum Gasteiger partial charge on any atom is -0.504 e. The summed E-state index contributed by atoms with van der Waals surface area (Å²) in [5.74, 6) is -4.26. The molecule has 2 bridgehead atoms. The Morgan fingerprint density at radius 3 is 2.48 bits per heavy atom. The molecule has 0 unspecified atom stereocenters. The molecule has 2 aliphatic heterocycles. The van der Waals surface area contributed by atoms with Crippen LogP contribution in [0.25, 0.3) is 0 Å². The van der Waals surface area contributed by atoms with Crippen molar-refractivity contribution in [2.45, 2.75) is 68.2 Å². The number of carboxylic acids is 1. The number of carbonyl (C=O) groups is 3. The van der Waals surface area contributed by atoms with Gasteiger partial charge in [0.15, 0.2) is 29.8 Å². The van der Waals surface area contributed by atoms with Gasteiger partial charge >= 0.3 is 17.9 Å². The van der Waals surface area contributed by atoms with Crippen LogP contribution in [0.4, 0.5) is 0 Å². The number of phenols is 1. The number of aliphatic hydroxyl groups is 3. The number of aliphatic carboxylic acids is 1. The highest BCUT2D eigenvalue weighted by Gasteiger charge is 2.72. The van der Waals surface area contributed by atoms with Gasteiger partial charge < -0.3 is 44.6 Å². The minimum atomic E-state index is -2.47. The quantitative estimate of drug-likeness (QED) is 0.291. The van der Waals surface area contributed by atoms with Gasteiger partial charge in [-0.25, -0.2) is 14.4 Å². The molecule has 6 rings (SSSR count). The normalized spacial score (nSPS) is 29.0. The van der Waals surface area contributed by atoms with Crippen LogP contribution in [0.5, 0.6) is 11.5 Å². The van der Waals surface area contributed by atoms with E-state index < -0.39 is 53.3 Å². The Kier molecular flexibility index (Phi) is 7.30. The van der Waals surface area contributed by atoms with Crippen LogP contribution in [0.15, 0.2) is 54.3 Å². The van der Waals surface area contributed by atoms with Crippen LogP contribution in [0.1, 0.15) is 43.1 Å². The van der Waals surface area contributed by atoms with Crippen LogP contribution >= 0.6 is 0 Å². The van der Waals surface area contributed by atoms with Gasteiger partial charge in [0.25, 0.3) is 0 Å². The van der Waals surface area contributed by atoms with Crippen molar-refractivity contribution in [2.75, 3.05) is 13.6 Å². The number of nitrogens with zero attached hydrogens (tertiary/aromatic N) is 1. The number of aromatic hydroxyl groups is 1. The van der Waals surface area contributed by atoms with Crippen LogP contribution in [0.3, 0.4) is 0 Å². The van der Waals surface area contributed by atoms with E-state index in [1.807, 2.05) is 13.1 Å². The van der Waals surface area contributed by atoms with Crippen LogP contribution in [0, 0.1) is 0 Å². The summed E-state index contributed by atoms with van der Waals surface area (Å²) in [6, 6.07) is 10.9. The Morgan fingerprint density at radius 2 is 1.79 bits per heavy atom. The summed E-state index contributed by atoms with van der Waals surface area (Å²) in [6.45, 7) is 0.622. The third-order valence-corrected chi connectivity index (χ3v) is 8.92. The molecular formula is C30H33NO11. The molecule has 5 N–H and O–H groups in total. The lowest BCUT2D eigenvalue weighted by atomic mass is 9.50. The number of ether oxygens (including phenoxy) is 3. The van der Waals surface area contributed by atoms with Crippen LogP contribution in [-0.2, 0) is 35.7 Å². The molecular weight excluding hydrogens is 550 g/mol. The first-order valence-electron chi connectivity index (χ1n) is 13.2. The molecule has 2 aromatic rings. The van der Waals surface area contributed by atoms with Crippen LogP contribution < -0.4 is 4.74 Å². The van der Waals surface area contributed by atoms with E-state index in [0.29, 0.717) is 24.9 Å². The highest BCUT2D eigenvalue weighted by molar-refractivity contribution is 5.87. The van der Waals surface area contributed by atoms with Gasteiger partial charge in [-0.3, -0.25) is 0 Å². The van der Waals surface area contributed by atoms with Crippen molar-refractivity contribution in [3.8, 4) is 11.5 Å². The number of piperidine rings is 1. The Morgan fingerprint density at radius 1 is 1.07 bits per heavy atom. The SMILES string of the molecule is C.CN1CC[C@]23c4c5ccc(O)c4O[C@H]2C(OC(=O)[C@@H](OC(=O)[C@H](O)[C@@H](O)C(=O)O)c2ccccc2)=CC[C@@]3(O)[C@H]1C5. The summed E-state index contributed by atoms with van der Waals surface area (Å²) < 4.78 is 17.3. The summed E-state index contributed by atoms with van der Waals surface area (Å²) in [6.07, 6.45) is -4.95. The van der Waals surface area contributed by atoms with Crippen molar-refractivity contribution in [2.24, 2.45) is 0 Å². The number of carbonyl (C=O) groups excluding carboxylic acids is 2. The van der Waals surface area contributed by atoms with E-state index in [0.717, 1.165) is 5.56 Å². The van der Waals surface area contributed by atoms with E-state index in [1.54, 1.807) is 30.3 Å². The number of esters is 2. The number of hydrogen-bond acceptors (Lipinski definition) is 11. The number of likely N-dealkylation sites (N-methyl/N-ethyl adjacent to an activating group) is 1. The summed E-state index contributed by atoms with van der Waals surface area (Å²) in [5.41, 5.74) is -0.503. The van der Waals surface area contributed by atoms with E-state index in [-0.39, 0.29) is 42.7 Å². The molecule has 0 amide bonds.